The van der Waals surface area contributed by atoms with E-state index in [4.69, 9.17) is 4.42 Å². The van der Waals surface area contributed by atoms with Crippen molar-refractivity contribution in [2.24, 2.45) is 0 Å². The summed E-state index contributed by atoms with van der Waals surface area (Å²) in [5.74, 6) is -0.396. The molecule has 2 aromatic carbocycles. The summed E-state index contributed by atoms with van der Waals surface area (Å²) in [5, 5.41) is 0. The van der Waals surface area contributed by atoms with Crippen molar-refractivity contribution < 1.29 is 17.6 Å². The number of sulfone groups is 1. The third-order valence-electron chi connectivity index (χ3n) is 5.70. The van der Waals surface area contributed by atoms with Crippen molar-refractivity contribution in [3.05, 3.63) is 89.4 Å². The zero-order valence-electron chi connectivity index (χ0n) is 17.5. The highest BCUT2D eigenvalue weighted by Crippen LogP contribution is 2.22. The smallest absolute Gasteiger partial charge is 0.289 e. The molecule has 0 radical (unpaired) electrons. The van der Waals surface area contributed by atoms with Crippen molar-refractivity contribution in [2.45, 2.75) is 24.1 Å². The Balaban J connectivity index is 1.40. The molecule has 1 saturated heterocycles. The fourth-order valence-corrected chi connectivity index (χ4v) is 5.21. The summed E-state index contributed by atoms with van der Waals surface area (Å²) >= 11 is 0. The van der Waals surface area contributed by atoms with Crippen molar-refractivity contribution in [3.8, 4) is 0 Å². The summed E-state index contributed by atoms with van der Waals surface area (Å²) in [4.78, 5) is 17.3. The van der Waals surface area contributed by atoms with Crippen LogP contribution in [0.2, 0.25) is 0 Å². The van der Waals surface area contributed by atoms with E-state index in [1.165, 1.54) is 17.4 Å². The van der Waals surface area contributed by atoms with Gasteiger partial charge in [0.15, 0.2) is 15.6 Å². The van der Waals surface area contributed by atoms with E-state index in [2.05, 4.69) is 24.0 Å². The minimum Gasteiger partial charge on any atom is -0.459 e. The van der Waals surface area contributed by atoms with E-state index < -0.39 is 9.84 Å². The standard InChI is InChI=1S/C24H26N2O4S/c1-19-7-5-6-8-20(19)17-25-12-14-26(15-13-25)24(27)23-21(11-16-30-23)18-31(28,29)22-9-3-2-4-10-22/h2-11,16H,12-15,17-18H2,1H3. The molecule has 7 heteroatoms. The fraction of sp³-hybridized carbons (Fsp3) is 0.292. The van der Waals surface area contributed by atoms with E-state index in [1.807, 2.05) is 12.1 Å². The first-order valence-corrected chi connectivity index (χ1v) is 12.0. The quantitative estimate of drug-likeness (QED) is 0.589. The first kappa shape index (κ1) is 21.3. The molecule has 4 rings (SSSR count). The molecule has 31 heavy (non-hydrogen) atoms. The summed E-state index contributed by atoms with van der Waals surface area (Å²) in [7, 11) is -3.56. The molecule has 1 aliphatic rings. The van der Waals surface area contributed by atoms with Crippen LogP contribution < -0.4 is 0 Å². The van der Waals surface area contributed by atoms with Crippen LogP contribution in [0.1, 0.15) is 27.2 Å². The Morgan fingerprint density at radius 3 is 2.29 bits per heavy atom. The Hall–Kier alpha value is -2.90. The second-order valence-corrected chi connectivity index (χ2v) is 9.83. The molecular weight excluding hydrogens is 412 g/mol. The van der Waals surface area contributed by atoms with Crippen molar-refractivity contribution in [1.29, 1.82) is 0 Å². The topological polar surface area (TPSA) is 70.8 Å². The molecule has 0 N–H and O–H groups in total. The van der Waals surface area contributed by atoms with Gasteiger partial charge in [0, 0.05) is 38.3 Å². The van der Waals surface area contributed by atoms with Crippen LogP contribution in [0.3, 0.4) is 0 Å². The number of nitrogens with zero attached hydrogens (tertiary/aromatic N) is 2. The van der Waals surface area contributed by atoms with E-state index in [1.54, 1.807) is 41.3 Å². The number of furan rings is 1. The lowest BCUT2D eigenvalue weighted by atomic mass is 10.1. The van der Waals surface area contributed by atoms with Crippen molar-refractivity contribution in [3.63, 3.8) is 0 Å². The van der Waals surface area contributed by atoms with Crippen LogP contribution in [0, 0.1) is 6.92 Å². The maximum absolute atomic E-state index is 13.0. The molecule has 0 atom stereocenters. The summed E-state index contributed by atoms with van der Waals surface area (Å²) < 4.78 is 30.9. The Morgan fingerprint density at radius 1 is 0.903 bits per heavy atom. The van der Waals surface area contributed by atoms with Crippen LogP contribution in [0.25, 0.3) is 0 Å². The lowest BCUT2D eigenvalue weighted by molar-refractivity contribution is 0.0596. The molecule has 1 aromatic heterocycles. The van der Waals surface area contributed by atoms with Crippen LogP contribution >= 0.6 is 0 Å². The average Bonchev–Trinajstić information content (AvgIpc) is 3.23. The van der Waals surface area contributed by atoms with Gasteiger partial charge in [0.1, 0.15) is 0 Å². The Kier molecular flexibility index (Phi) is 6.25. The van der Waals surface area contributed by atoms with Crippen molar-refractivity contribution >= 4 is 15.7 Å². The number of rotatable bonds is 6. The summed E-state index contributed by atoms with van der Waals surface area (Å²) in [6.07, 6.45) is 1.39. The monoisotopic (exact) mass is 438 g/mol. The van der Waals surface area contributed by atoms with Gasteiger partial charge >= 0.3 is 0 Å². The number of piperazine rings is 1. The predicted molar refractivity (Wildman–Crippen MR) is 118 cm³/mol. The van der Waals surface area contributed by atoms with Crippen molar-refractivity contribution in [1.82, 2.24) is 9.80 Å². The first-order chi connectivity index (χ1) is 14.9. The molecule has 0 aliphatic carbocycles. The Bertz CT molecular complexity index is 1150. The van der Waals surface area contributed by atoms with Gasteiger partial charge < -0.3 is 9.32 Å². The van der Waals surface area contributed by atoms with Gasteiger partial charge in [-0.3, -0.25) is 9.69 Å². The highest BCUT2D eigenvalue weighted by atomic mass is 32.2. The van der Waals surface area contributed by atoms with Gasteiger partial charge in [-0.2, -0.15) is 0 Å². The van der Waals surface area contributed by atoms with Gasteiger partial charge in [-0.25, -0.2) is 8.42 Å². The van der Waals surface area contributed by atoms with E-state index in [9.17, 15) is 13.2 Å². The molecule has 0 unspecified atom stereocenters. The normalized spacial score (nSPS) is 15.2. The number of benzene rings is 2. The van der Waals surface area contributed by atoms with Gasteiger partial charge in [0.2, 0.25) is 0 Å². The maximum Gasteiger partial charge on any atom is 0.289 e. The van der Waals surface area contributed by atoms with E-state index >= 15 is 0 Å². The zero-order valence-corrected chi connectivity index (χ0v) is 18.3. The first-order valence-electron chi connectivity index (χ1n) is 10.3. The van der Waals surface area contributed by atoms with Gasteiger partial charge in [-0.15, -0.1) is 0 Å². The molecule has 0 spiro atoms. The SMILES string of the molecule is Cc1ccccc1CN1CCN(C(=O)c2occc2CS(=O)(=O)c2ccccc2)CC1. The van der Waals surface area contributed by atoms with Crippen LogP contribution in [0.15, 0.2) is 76.2 Å². The number of carbonyl (C=O) groups is 1. The van der Waals surface area contributed by atoms with Gasteiger partial charge in [-0.05, 0) is 36.2 Å². The fourth-order valence-electron chi connectivity index (χ4n) is 3.83. The summed E-state index contributed by atoms with van der Waals surface area (Å²) in [6, 6.07) is 18.2. The molecular formula is C24H26N2O4S. The Morgan fingerprint density at radius 2 is 1.58 bits per heavy atom. The largest absolute Gasteiger partial charge is 0.459 e. The minimum atomic E-state index is -3.56. The van der Waals surface area contributed by atoms with Gasteiger partial charge in [0.25, 0.3) is 5.91 Å². The molecule has 1 fully saturated rings. The minimum absolute atomic E-state index is 0.117. The van der Waals surface area contributed by atoms with Crippen LogP contribution in [0.5, 0.6) is 0 Å². The molecule has 3 aromatic rings. The third kappa shape index (κ3) is 4.89. The lowest BCUT2D eigenvalue weighted by Gasteiger charge is -2.34. The third-order valence-corrected chi connectivity index (χ3v) is 7.39. The van der Waals surface area contributed by atoms with Crippen molar-refractivity contribution in [2.75, 3.05) is 26.2 Å². The maximum atomic E-state index is 13.0. The molecule has 0 saturated carbocycles. The number of hydrogen-bond acceptors (Lipinski definition) is 5. The Labute approximate surface area is 183 Å². The number of amides is 1. The average molecular weight is 439 g/mol. The van der Waals surface area contributed by atoms with Crippen LogP contribution in [-0.2, 0) is 22.1 Å². The summed E-state index contributed by atoms with van der Waals surface area (Å²) in [6.45, 7) is 5.65. The van der Waals surface area contributed by atoms with E-state index in [0.717, 1.165) is 19.6 Å². The van der Waals surface area contributed by atoms with Crippen LogP contribution in [0.4, 0.5) is 0 Å². The molecule has 2 heterocycles. The molecule has 1 amide bonds. The molecule has 6 nitrogen and oxygen atoms in total. The second-order valence-electron chi connectivity index (χ2n) is 7.84. The number of carbonyl (C=O) groups excluding carboxylic acids is 1. The predicted octanol–water partition coefficient (Wildman–Crippen LogP) is 3.52. The highest BCUT2D eigenvalue weighted by Gasteiger charge is 2.28. The van der Waals surface area contributed by atoms with Gasteiger partial charge in [0.05, 0.1) is 16.9 Å². The van der Waals surface area contributed by atoms with Crippen LogP contribution in [-0.4, -0.2) is 50.3 Å². The lowest BCUT2D eigenvalue weighted by Crippen LogP contribution is -2.48. The van der Waals surface area contributed by atoms with E-state index in [0.29, 0.717) is 18.7 Å². The number of hydrogen-bond donors (Lipinski definition) is 0. The summed E-state index contributed by atoms with van der Waals surface area (Å²) in [5.41, 5.74) is 2.96. The van der Waals surface area contributed by atoms with E-state index in [-0.39, 0.29) is 22.3 Å². The number of aryl methyl sites for hydroxylation is 1. The highest BCUT2D eigenvalue weighted by molar-refractivity contribution is 7.90. The molecule has 162 valence electrons. The second kappa shape index (κ2) is 9.08. The van der Waals surface area contributed by atoms with Gasteiger partial charge in [-0.1, -0.05) is 42.5 Å². The molecule has 0 bridgehead atoms. The molecule has 1 aliphatic heterocycles. The zero-order chi connectivity index (χ0) is 21.8.